The van der Waals surface area contributed by atoms with Gasteiger partial charge in [0.2, 0.25) is 0 Å². The first-order valence-electron chi connectivity index (χ1n) is 15.4. The van der Waals surface area contributed by atoms with Gasteiger partial charge in [0, 0.05) is 22.6 Å². The molecular formula is C38H42N4O. The number of fused-ring (bicyclic) bond motifs is 1. The summed E-state index contributed by atoms with van der Waals surface area (Å²) in [5.41, 5.74) is 12.7. The van der Waals surface area contributed by atoms with Gasteiger partial charge in [-0.2, -0.15) is 5.10 Å². The van der Waals surface area contributed by atoms with Gasteiger partial charge in [-0.15, -0.1) is 0 Å². The molecule has 1 aliphatic rings. The molecule has 1 N–H and O–H groups in total. The fraction of sp³-hybridized carbons (Fsp3) is 0.289. The zero-order chi connectivity index (χ0) is 30.4. The number of phenols is 1. The van der Waals surface area contributed by atoms with E-state index in [2.05, 4.69) is 118 Å². The van der Waals surface area contributed by atoms with Crippen LogP contribution in [0.15, 0.2) is 91.0 Å². The van der Waals surface area contributed by atoms with Gasteiger partial charge in [-0.1, -0.05) is 90.1 Å². The molecule has 0 atom stereocenters. The van der Waals surface area contributed by atoms with Gasteiger partial charge in [0.1, 0.15) is 18.1 Å². The van der Waals surface area contributed by atoms with Gasteiger partial charge >= 0.3 is 0 Å². The van der Waals surface area contributed by atoms with Gasteiger partial charge < -0.3 is 14.9 Å². The molecule has 6 rings (SSSR count). The van der Waals surface area contributed by atoms with Crippen LogP contribution in [0.4, 0.5) is 22.7 Å². The minimum Gasteiger partial charge on any atom is -0.506 e. The second-order valence-electron chi connectivity index (χ2n) is 12.6. The number of hydrogen-bond acceptors (Lipinski definition) is 4. The largest absolute Gasteiger partial charge is 0.506 e. The van der Waals surface area contributed by atoms with Crippen LogP contribution in [-0.4, -0.2) is 21.6 Å². The van der Waals surface area contributed by atoms with Gasteiger partial charge in [-0.3, -0.25) is 0 Å². The lowest BCUT2D eigenvalue weighted by atomic mass is 9.87. The molecule has 0 saturated carbocycles. The van der Waals surface area contributed by atoms with Crippen molar-refractivity contribution in [3.8, 4) is 22.7 Å². The molecule has 0 saturated heterocycles. The number of aromatic hydroxyl groups is 1. The van der Waals surface area contributed by atoms with E-state index in [0.717, 1.165) is 29.3 Å². The molecule has 1 aliphatic heterocycles. The maximum absolute atomic E-state index is 10.4. The average molecular weight is 571 g/mol. The number of anilines is 4. The Balaban J connectivity index is 1.43. The minimum atomic E-state index is 0.214. The first-order valence-corrected chi connectivity index (χ1v) is 15.4. The molecule has 43 heavy (non-hydrogen) atoms. The van der Waals surface area contributed by atoms with Gasteiger partial charge in [-0.25, -0.2) is 4.68 Å². The second kappa shape index (κ2) is 11.3. The average Bonchev–Trinajstić information content (AvgIpc) is 3.57. The lowest BCUT2D eigenvalue weighted by Crippen LogP contribution is -2.26. The van der Waals surface area contributed by atoms with Crippen molar-refractivity contribution in [3.05, 3.63) is 113 Å². The summed E-state index contributed by atoms with van der Waals surface area (Å²) >= 11 is 0. The molecule has 5 nitrogen and oxygen atoms in total. The monoisotopic (exact) mass is 570 g/mol. The Morgan fingerprint density at radius 1 is 0.651 bits per heavy atom. The zero-order valence-electron chi connectivity index (χ0n) is 26.3. The smallest absolute Gasteiger partial charge is 0.141 e. The maximum Gasteiger partial charge on any atom is 0.141 e. The highest BCUT2D eigenvalue weighted by atomic mass is 16.3. The summed E-state index contributed by atoms with van der Waals surface area (Å²) in [5, 5.41) is 15.3. The summed E-state index contributed by atoms with van der Waals surface area (Å²) in [6.07, 6.45) is 0. The summed E-state index contributed by atoms with van der Waals surface area (Å²) in [6.45, 7) is 16.6. The van der Waals surface area contributed by atoms with E-state index < -0.39 is 0 Å². The fourth-order valence-corrected chi connectivity index (χ4v) is 6.19. The zero-order valence-corrected chi connectivity index (χ0v) is 26.3. The van der Waals surface area contributed by atoms with Crippen LogP contribution in [0.3, 0.4) is 0 Å². The highest BCUT2D eigenvalue weighted by Gasteiger charge is 2.32. The Morgan fingerprint density at radius 3 is 1.86 bits per heavy atom. The Labute approximate surface area is 256 Å². The summed E-state index contributed by atoms with van der Waals surface area (Å²) in [5.74, 6) is 1.49. The Kier molecular flexibility index (Phi) is 7.51. The number of benzene rings is 4. The third kappa shape index (κ3) is 5.18. The van der Waals surface area contributed by atoms with Crippen LogP contribution < -0.4 is 9.80 Å². The van der Waals surface area contributed by atoms with Crippen LogP contribution in [0.2, 0.25) is 0 Å². The minimum absolute atomic E-state index is 0.214. The molecule has 4 aromatic carbocycles. The third-order valence-electron chi connectivity index (χ3n) is 8.57. The number of nitrogens with zero attached hydrogens (tertiary/aromatic N) is 4. The quantitative estimate of drug-likeness (QED) is 0.211. The van der Waals surface area contributed by atoms with Crippen LogP contribution in [0.1, 0.15) is 81.7 Å². The van der Waals surface area contributed by atoms with Crippen molar-refractivity contribution in [3.63, 3.8) is 0 Å². The maximum atomic E-state index is 10.4. The lowest BCUT2D eigenvalue weighted by Gasteiger charge is -2.30. The summed E-state index contributed by atoms with van der Waals surface area (Å²) in [4.78, 5) is 4.93. The molecule has 1 aromatic heterocycles. The van der Waals surface area contributed by atoms with Crippen LogP contribution >= 0.6 is 0 Å². The molecule has 0 fully saturated rings. The molecular weight excluding hydrogens is 528 g/mol. The first kappa shape index (κ1) is 28.6. The van der Waals surface area contributed by atoms with Gasteiger partial charge in [0.25, 0.3) is 0 Å². The van der Waals surface area contributed by atoms with E-state index in [0.29, 0.717) is 23.4 Å². The highest BCUT2D eigenvalue weighted by Crippen LogP contribution is 2.49. The molecule has 0 spiro atoms. The summed E-state index contributed by atoms with van der Waals surface area (Å²) in [6, 6.07) is 31.7. The van der Waals surface area contributed by atoms with Gasteiger partial charge in [0.15, 0.2) is 0 Å². The van der Waals surface area contributed by atoms with Crippen molar-refractivity contribution < 1.29 is 5.11 Å². The van der Waals surface area contributed by atoms with E-state index in [1.54, 1.807) is 6.07 Å². The first-order chi connectivity index (χ1) is 20.6. The van der Waals surface area contributed by atoms with Crippen LogP contribution in [0, 0.1) is 6.92 Å². The topological polar surface area (TPSA) is 44.5 Å². The van der Waals surface area contributed by atoms with Gasteiger partial charge in [0.05, 0.1) is 17.1 Å². The molecule has 0 aliphatic carbocycles. The van der Waals surface area contributed by atoms with Crippen LogP contribution in [0.5, 0.6) is 5.75 Å². The SMILES string of the molecule is Cc1cc(-c2cccc(N3CN(c4c(C(C)C)cc(C(C)C)cc4C(C)C)c4ccccc43)c2)nn1-c1ccccc1O. The standard InChI is InChI=1S/C38H42N4O/c1-24(2)29-21-31(25(3)4)38(32(22-29)26(5)6)41-23-40(34-15-8-9-16-35(34)41)30-14-12-13-28(20-30)33-19-27(7)42(39-33)36-17-10-11-18-37(36)43/h8-22,24-26,43H,23H2,1-7H3. The fourth-order valence-electron chi connectivity index (χ4n) is 6.19. The summed E-state index contributed by atoms with van der Waals surface area (Å²) in [7, 11) is 0. The predicted octanol–water partition coefficient (Wildman–Crippen LogP) is 10.2. The van der Waals surface area contributed by atoms with Gasteiger partial charge in [-0.05, 0) is 83.8 Å². The van der Waals surface area contributed by atoms with Crippen LogP contribution in [0.25, 0.3) is 16.9 Å². The summed E-state index contributed by atoms with van der Waals surface area (Å²) < 4.78 is 1.81. The number of phenolic OH excluding ortho intramolecular Hbond substituents is 1. The van der Waals surface area contributed by atoms with E-state index >= 15 is 0 Å². The van der Waals surface area contributed by atoms with E-state index in [1.165, 1.54) is 33.8 Å². The molecule has 2 heterocycles. The van der Waals surface area contributed by atoms with E-state index in [-0.39, 0.29) is 5.75 Å². The van der Waals surface area contributed by atoms with Crippen molar-refractivity contribution in [2.24, 2.45) is 0 Å². The van der Waals surface area contributed by atoms with E-state index in [9.17, 15) is 5.11 Å². The van der Waals surface area contributed by atoms with Crippen molar-refractivity contribution in [1.29, 1.82) is 0 Å². The molecule has 220 valence electrons. The van der Waals surface area contributed by atoms with Crippen LogP contribution in [-0.2, 0) is 0 Å². The van der Waals surface area contributed by atoms with E-state index in [1.807, 2.05) is 29.8 Å². The Bertz CT molecular complexity index is 1750. The normalized spacial score (nSPS) is 13.1. The number of aryl methyl sites for hydroxylation is 1. The Morgan fingerprint density at radius 2 is 1.26 bits per heavy atom. The lowest BCUT2D eigenvalue weighted by molar-refractivity contribution is 0.470. The number of rotatable bonds is 7. The number of para-hydroxylation sites is 4. The van der Waals surface area contributed by atoms with Crippen molar-refractivity contribution in [1.82, 2.24) is 9.78 Å². The Hall–Kier alpha value is -4.51. The molecule has 0 radical (unpaired) electrons. The third-order valence-corrected chi connectivity index (χ3v) is 8.57. The van der Waals surface area contributed by atoms with Crippen molar-refractivity contribution in [2.45, 2.75) is 66.2 Å². The second-order valence-corrected chi connectivity index (χ2v) is 12.6. The predicted molar refractivity (Wildman–Crippen MR) is 180 cm³/mol. The number of aromatic nitrogens is 2. The highest BCUT2D eigenvalue weighted by molar-refractivity contribution is 5.89. The molecule has 0 bridgehead atoms. The molecule has 5 aromatic rings. The van der Waals surface area contributed by atoms with Crippen molar-refractivity contribution >= 4 is 22.7 Å². The van der Waals surface area contributed by atoms with Crippen molar-refractivity contribution in [2.75, 3.05) is 16.5 Å². The number of hydrogen-bond donors (Lipinski definition) is 1. The van der Waals surface area contributed by atoms with E-state index in [4.69, 9.17) is 5.10 Å². The molecule has 0 amide bonds. The molecule has 0 unspecified atom stereocenters. The molecule has 5 heteroatoms.